The Morgan fingerprint density at radius 2 is 1.18 bits per heavy atom. The summed E-state index contributed by atoms with van der Waals surface area (Å²) in [6, 6.07) is 31.1. The van der Waals surface area contributed by atoms with Crippen molar-refractivity contribution >= 4 is 0 Å². The fourth-order valence-electron chi connectivity index (χ4n) is 4.19. The van der Waals surface area contributed by atoms with Gasteiger partial charge >= 0.3 is 0 Å². The Labute approximate surface area is 167 Å². The van der Waals surface area contributed by atoms with Crippen molar-refractivity contribution in [1.29, 1.82) is 0 Å². The fraction of sp³-hybridized carbons (Fsp3) is 0.231. The Hall–Kier alpha value is -2.68. The maximum atomic E-state index is 10.1. The summed E-state index contributed by atoms with van der Waals surface area (Å²) >= 11 is 0. The highest BCUT2D eigenvalue weighted by molar-refractivity contribution is 5.47. The van der Waals surface area contributed by atoms with E-state index < -0.39 is 11.7 Å². The molecular weight excluding hydrogens is 344 g/mol. The molecule has 0 aromatic heterocycles. The minimum absolute atomic E-state index is 0.172. The number of rotatable bonds is 6. The summed E-state index contributed by atoms with van der Waals surface area (Å²) in [5.41, 5.74) is 3.46. The topological polar surface area (TPSA) is 29.5 Å². The summed E-state index contributed by atoms with van der Waals surface area (Å²) < 4.78 is 6.82. The minimum Gasteiger partial charge on any atom is -0.389 e. The molecule has 2 heteroatoms. The Bertz CT molecular complexity index is 806. The number of ether oxygens (including phenoxy) is 1. The monoisotopic (exact) mass is 370 g/mol. The standard InChI is InChI=1S/C26H26O2/c1-20-21(17-18-25(20)27)19-28-26(22-11-5-2-6-12-22,23-13-7-3-8-14-23)24-15-9-4-10-16-24/h2-16,21,25,27H,1,17-19H2. The van der Waals surface area contributed by atoms with Crippen LogP contribution in [0.3, 0.4) is 0 Å². The second-order valence-electron chi connectivity index (χ2n) is 7.46. The van der Waals surface area contributed by atoms with E-state index >= 15 is 0 Å². The van der Waals surface area contributed by atoms with Crippen molar-refractivity contribution in [2.75, 3.05) is 6.61 Å². The van der Waals surface area contributed by atoms with E-state index in [0.29, 0.717) is 6.61 Å². The molecule has 1 N–H and O–H groups in total. The molecule has 3 aromatic carbocycles. The molecule has 2 nitrogen and oxygen atoms in total. The second kappa shape index (κ2) is 8.14. The van der Waals surface area contributed by atoms with Gasteiger partial charge in [-0.3, -0.25) is 0 Å². The van der Waals surface area contributed by atoms with Gasteiger partial charge in [-0.2, -0.15) is 0 Å². The van der Waals surface area contributed by atoms with E-state index in [0.717, 1.165) is 35.1 Å². The zero-order valence-corrected chi connectivity index (χ0v) is 16.0. The van der Waals surface area contributed by atoms with Crippen LogP contribution in [0.15, 0.2) is 103 Å². The van der Waals surface area contributed by atoms with Crippen molar-refractivity contribution in [1.82, 2.24) is 0 Å². The average molecular weight is 370 g/mol. The van der Waals surface area contributed by atoms with Crippen LogP contribution in [0, 0.1) is 5.92 Å². The number of hydrogen-bond acceptors (Lipinski definition) is 2. The van der Waals surface area contributed by atoms with E-state index in [1.54, 1.807) is 0 Å². The van der Waals surface area contributed by atoms with E-state index in [4.69, 9.17) is 4.74 Å². The lowest BCUT2D eigenvalue weighted by Crippen LogP contribution is -2.34. The third-order valence-corrected chi connectivity index (χ3v) is 5.78. The molecule has 0 heterocycles. The smallest absolute Gasteiger partial charge is 0.143 e. The van der Waals surface area contributed by atoms with Crippen molar-refractivity contribution in [2.45, 2.75) is 24.5 Å². The van der Waals surface area contributed by atoms with Crippen LogP contribution in [0.2, 0.25) is 0 Å². The van der Waals surface area contributed by atoms with Crippen LogP contribution in [0.1, 0.15) is 29.5 Å². The molecule has 2 atom stereocenters. The molecule has 0 aliphatic heterocycles. The Kier molecular flexibility index (Phi) is 5.43. The van der Waals surface area contributed by atoms with Crippen molar-refractivity contribution in [3.8, 4) is 0 Å². The maximum Gasteiger partial charge on any atom is 0.143 e. The predicted octanol–water partition coefficient (Wildman–Crippen LogP) is 5.32. The van der Waals surface area contributed by atoms with E-state index in [1.807, 2.05) is 18.2 Å². The van der Waals surface area contributed by atoms with Crippen LogP contribution < -0.4 is 0 Å². The summed E-state index contributed by atoms with van der Waals surface area (Å²) in [7, 11) is 0. The molecule has 28 heavy (non-hydrogen) atoms. The van der Waals surface area contributed by atoms with Crippen molar-refractivity contribution in [3.63, 3.8) is 0 Å². The first-order valence-electron chi connectivity index (χ1n) is 9.89. The van der Waals surface area contributed by atoms with Gasteiger partial charge in [0, 0.05) is 5.92 Å². The molecular formula is C26H26O2. The number of aliphatic hydroxyl groups excluding tert-OH is 1. The predicted molar refractivity (Wildman–Crippen MR) is 113 cm³/mol. The summed E-state index contributed by atoms with van der Waals surface area (Å²) in [6.45, 7) is 4.63. The molecule has 3 aromatic rings. The molecule has 0 amide bonds. The van der Waals surface area contributed by atoms with Crippen LogP contribution in [-0.2, 0) is 10.3 Å². The highest BCUT2D eigenvalue weighted by Crippen LogP contribution is 2.42. The summed E-state index contributed by atoms with van der Waals surface area (Å²) in [6.07, 6.45) is 1.27. The maximum absolute atomic E-state index is 10.1. The van der Waals surface area contributed by atoms with Gasteiger partial charge in [0.25, 0.3) is 0 Å². The highest BCUT2D eigenvalue weighted by Gasteiger charge is 2.39. The third kappa shape index (κ3) is 3.42. The fourth-order valence-corrected chi connectivity index (χ4v) is 4.19. The summed E-state index contributed by atoms with van der Waals surface area (Å²) in [4.78, 5) is 0. The SMILES string of the molecule is C=C1C(O)CCC1COC(c1ccccc1)(c1ccccc1)c1ccccc1. The van der Waals surface area contributed by atoms with Gasteiger partial charge in [0.05, 0.1) is 12.7 Å². The lowest BCUT2D eigenvalue weighted by molar-refractivity contribution is -0.00179. The van der Waals surface area contributed by atoms with Crippen LogP contribution in [0.25, 0.3) is 0 Å². The Morgan fingerprint density at radius 1 is 0.750 bits per heavy atom. The number of benzene rings is 3. The largest absolute Gasteiger partial charge is 0.389 e. The summed E-state index contributed by atoms with van der Waals surface area (Å²) in [5, 5.41) is 10.1. The lowest BCUT2D eigenvalue weighted by atomic mass is 9.80. The Morgan fingerprint density at radius 3 is 1.54 bits per heavy atom. The molecule has 0 saturated heterocycles. The van der Waals surface area contributed by atoms with Gasteiger partial charge in [0.15, 0.2) is 0 Å². The third-order valence-electron chi connectivity index (χ3n) is 5.78. The highest BCUT2D eigenvalue weighted by atomic mass is 16.5. The number of aliphatic hydroxyl groups is 1. The molecule has 0 bridgehead atoms. The van der Waals surface area contributed by atoms with E-state index in [2.05, 4.69) is 79.4 Å². The van der Waals surface area contributed by atoms with Crippen LogP contribution in [-0.4, -0.2) is 17.8 Å². The van der Waals surface area contributed by atoms with E-state index in [1.165, 1.54) is 0 Å². The first-order chi connectivity index (χ1) is 13.7. The lowest BCUT2D eigenvalue weighted by Gasteiger charge is -2.37. The molecule has 142 valence electrons. The normalized spacial score (nSPS) is 19.7. The number of hydrogen-bond donors (Lipinski definition) is 1. The first kappa shape index (κ1) is 18.7. The first-order valence-corrected chi connectivity index (χ1v) is 9.89. The second-order valence-corrected chi connectivity index (χ2v) is 7.46. The van der Waals surface area contributed by atoms with Crippen LogP contribution in [0.4, 0.5) is 0 Å². The van der Waals surface area contributed by atoms with Gasteiger partial charge in [0.2, 0.25) is 0 Å². The molecule has 1 saturated carbocycles. The Balaban J connectivity index is 1.82. The molecule has 0 radical (unpaired) electrons. The molecule has 1 aliphatic rings. The van der Waals surface area contributed by atoms with Gasteiger partial charge in [-0.15, -0.1) is 0 Å². The minimum atomic E-state index is -0.711. The summed E-state index contributed by atoms with van der Waals surface area (Å²) in [5.74, 6) is 0.172. The molecule has 4 rings (SSSR count). The quantitative estimate of drug-likeness (QED) is 0.470. The molecule has 1 fully saturated rings. The van der Waals surface area contributed by atoms with Crippen LogP contribution in [0.5, 0.6) is 0 Å². The van der Waals surface area contributed by atoms with Gasteiger partial charge in [-0.1, -0.05) is 97.6 Å². The van der Waals surface area contributed by atoms with Gasteiger partial charge in [-0.25, -0.2) is 0 Å². The molecule has 1 aliphatic carbocycles. The van der Waals surface area contributed by atoms with E-state index in [9.17, 15) is 5.11 Å². The average Bonchev–Trinajstić information content (AvgIpc) is 3.09. The van der Waals surface area contributed by atoms with Crippen molar-refractivity contribution in [3.05, 3.63) is 120 Å². The zero-order valence-electron chi connectivity index (χ0n) is 16.0. The van der Waals surface area contributed by atoms with Crippen molar-refractivity contribution < 1.29 is 9.84 Å². The zero-order chi connectivity index (χ0) is 19.4. The van der Waals surface area contributed by atoms with Crippen LogP contribution >= 0.6 is 0 Å². The van der Waals surface area contributed by atoms with Gasteiger partial charge < -0.3 is 9.84 Å². The molecule has 0 spiro atoms. The van der Waals surface area contributed by atoms with E-state index in [-0.39, 0.29) is 5.92 Å². The van der Waals surface area contributed by atoms with Crippen molar-refractivity contribution in [2.24, 2.45) is 5.92 Å². The van der Waals surface area contributed by atoms with Gasteiger partial charge in [-0.05, 0) is 35.1 Å². The van der Waals surface area contributed by atoms with Gasteiger partial charge in [0.1, 0.15) is 5.60 Å². The molecule has 2 unspecified atom stereocenters.